The van der Waals surface area contributed by atoms with Crippen molar-refractivity contribution < 1.29 is 4.79 Å². The molecule has 2 aromatic heterocycles. The molecule has 178 valence electrons. The molecule has 1 fully saturated rings. The minimum absolute atomic E-state index is 0. The summed E-state index contributed by atoms with van der Waals surface area (Å²) in [4.78, 5) is 30.5. The Morgan fingerprint density at radius 3 is 2.58 bits per heavy atom. The molecule has 3 aromatic rings. The van der Waals surface area contributed by atoms with Gasteiger partial charge in [-0.05, 0) is 56.5 Å². The number of aromatic nitrogens is 4. The van der Waals surface area contributed by atoms with E-state index in [2.05, 4.69) is 20.7 Å². The average molecular weight is 493 g/mol. The Morgan fingerprint density at radius 2 is 1.91 bits per heavy atom. The molecule has 0 saturated carbocycles. The first-order chi connectivity index (χ1) is 15.1. The molecule has 1 atom stereocenters. The van der Waals surface area contributed by atoms with Crippen LogP contribution < -0.4 is 16.2 Å². The van der Waals surface area contributed by atoms with Gasteiger partial charge in [-0.3, -0.25) is 14.3 Å². The van der Waals surface area contributed by atoms with Crippen molar-refractivity contribution in [3.63, 3.8) is 0 Å². The van der Waals surface area contributed by atoms with Gasteiger partial charge in [0, 0.05) is 18.8 Å². The van der Waals surface area contributed by atoms with Gasteiger partial charge in [0.2, 0.25) is 0 Å². The summed E-state index contributed by atoms with van der Waals surface area (Å²) in [5, 5.41) is 10.6. The summed E-state index contributed by atoms with van der Waals surface area (Å²) in [6.45, 7) is 4.18. The maximum Gasteiger partial charge on any atom is 0.263 e. The molecule has 33 heavy (non-hydrogen) atoms. The summed E-state index contributed by atoms with van der Waals surface area (Å²) in [7, 11) is 0. The third kappa shape index (κ3) is 6.43. The molecule has 0 radical (unpaired) electrons. The highest BCUT2D eigenvalue weighted by Crippen LogP contribution is 2.20. The zero-order valence-corrected chi connectivity index (χ0v) is 20.1. The number of nitrogens with one attached hydrogen (secondary N) is 2. The third-order valence-electron chi connectivity index (χ3n) is 5.88. The van der Waals surface area contributed by atoms with E-state index in [0.29, 0.717) is 18.5 Å². The van der Waals surface area contributed by atoms with Crippen molar-refractivity contribution in [1.82, 2.24) is 30.0 Å². The summed E-state index contributed by atoms with van der Waals surface area (Å²) >= 11 is 0. The lowest BCUT2D eigenvalue weighted by Crippen LogP contribution is -2.39. The Balaban J connectivity index is 0.00000193. The first kappa shape index (κ1) is 26.6. The molecular formula is C23H30Cl2N6O2. The van der Waals surface area contributed by atoms with E-state index >= 15 is 0 Å². The summed E-state index contributed by atoms with van der Waals surface area (Å²) in [6.07, 6.45) is 7.37. The highest BCUT2D eigenvalue weighted by Gasteiger charge is 2.23. The molecule has 1 aliphatic rings. The van der Waals surface area contributed by atoms with Crippen LogP contribution in [0.25, 0.3) is 0 Å². The van der Waals surface area contributed by atoms with Crippen LogP contribution in [-0.4, -0.2) is 38.3 Å². The number of hydrogen-bond donors (Lipinski definition) is 2. The monoisotopic (exact) mass is 492 g/mol. The highest BCUT2D eigenvalue weighted by atomic mass is 35.5. The minimum Gasteiger partial charge on any atom is -0.345 e. The fraction of sp³-hybridized carbons (Fsp3) is 0.391. The molecular weight excluding hydrogens is 463 g/mol. The van der Waals surface area contributed by atoms with Crippen LogP contribution >= 0.6 is 24.8 Å². The molecule has 4 rings (SSSR count). The molecule has 8 nitrogen and oxygen atoms in total. The zero-order valence-electron chi connectivity index (χ0n) is 18.5. The number of rotatable bonds is 7. The van der Waals surface area contributed by atoms with Crippen LogP contribution in [0.15, 0.2) is 60.0 Å². The maximum absolute atomic E-state index is 13.3. The second kappa shape index (κ2) is 12.5. The van der Waals surface area contributed by atoms with Gasteiger partial charge >= 0.3 is 0 Å². The molecule has 0 bridgehead atoms. The molecule has 1 amide bonds. The van der Waals surface area contributed by atoms with Crippen molar-refractivity contribution in [3.8, 4) is 0 Å². The van der Waals surface area contributed by atoms with Crippen molar-refractivity contribution in [1.29, 1.82) is 0 Å². The highest BCUT2D eigenvalue weighted by molar-refractivity contribution is 5.95. The standard InChI is InChI=1S/C23H28N6O2.2ClH/c1-17-9-14-29(19-7-11-24-12-8-19)23(31)21(17)22(30)27-20(18-5-3-2-4-6-18)10-13-28-16-25-15-26-28;;/h2-6,9,14-16,19-20,24H,7-8,10-13H2,1H3,(H,27,30);2*1H. The number of pyridine rings is 1. The predicted octanol–water partition coefficient (Wildman–Crippen LogP) is 3.08. The van der Waals surface area contributed by atoms with Crippen LogP contribution in [0.5, 0.6) is 0 Å². The topological polar surface area (TPSA) is 93.8 Å². The number of carbonyl (C=O) groups is 1. The van der Waals surface area contributed by atoms with Gasteiger partial charge in [0.25, 0.3) is 11.5 Å². The Hall–Kier alpha value is -2.68. The molecule has 2 N–H and O–H groups in total. The lowest BCUT2D eigenvalue weighted by molar-refractivity contribution is 0.0930. The lowest BCUT2D eigenvalue weighted by Gasteiger charge is -2.26. The van der Waals surface area contributed by atoms with Crippen molar-refractivity contribution in [2.45, 2.75) is 44.8 Å². The minimum atomic E-state index is -0.335. The van der Waals surface area contributed by atoms with E-state index in [0.717, 1.165) is 31.5 Å². The van der Waals surface area contributed by atoms with Gasteiger partial charge < -0.3 is 15.2 Å². The van der Waals surface area contributed by atoms with Gasteiger partial charge in [0.15, 0.2) is 0 Å². The fourth-order valence-electron chi connectivity index (χ4n) is 4.14. The van der Waals surface area contributed by atoms with Crippen LogP contribution in [0, 0.1) is 6.92 Å². The smallest absolute Gasteiger partial charge is 0.263 e. The zero-order chi connectivity index (χ0) is 21.6. The first-order valence-corrected chi connectivity index (χ1v) is 10.7. The molecule has 1 aliphatic heterocycles. The van der Waals surface area contributed by atoms with Gasteiger partial charge in [0.05, 0.1) is 6.04 Å². The Kier molecular flexibility index (Phi) is 10.1. The first-order valence-electron chi connectivity index (χ1n) is 10.7. The van der Waals surface area contributed by atoms with Gasteiger partial charge in [-0.15, -0.1) is 24.8 Å². The normalized spacial score (nSPS) is 14.6. The Morgan fingerprint density at radius 1 is 1.18 bits per heavy atom. The van der Waals surface area contributed by atoms with Crippen LogP contribution in [0.4, 0.5) is 0 Å². The van der Waals surface area contributed by atoms with Crippen molar-refractivity contribution >= 4 is 30.7 Å². The molecule has 3 heterocycles. The van der Waals surface area contributed by atoms with Crippen molar-refractivity contribution in [3.05, 3.63) is 82.3 Å². The number of carbonyl (C=O) groups excluding carboxylic acids is 1. The predicted molar refractivity (Wildman–Crippen MR) is 132 cm³/mol. The maximum atomic E-state index is 13.3. The van der Waals surface area contributed by atoms with Gasteiger partial charge in [0.1, 0.15) is 18.2 Å². The number of nitrogens with zero attached hydrogens (tertiary/aromatic N) is 4. The summed E-state index contributed by atoms with van der Waals surface area (Å²) < 4.78 is 3.47. The molecule has 10 heteroatoms. The SMILES string of the molecule is Cc1ccn(C2CCNCC2)c(=O)c1C(=O)NC(CCn1cncn1)c1ccccc1.Cl.Cl. The van der Waals surface area contributed by atoms with Gasteiger partial charge in [-0.2, -0.15) is 5.10 Å². The van der Waals surface area contributed by atoms with Crippen LogP contribution in [0.2, 0.25) is 0 Å². The van der Waals surface area contributed by atoms with Gasteiger partial charge in [-0.1, -0.05) is 30.3 Å². The molecule has 1 aromatic carbocycles. The largest absolute Gasteiger partial charge is 0.345 e. The number of benzene rings is 1. The number of amides is 1. The second-order valence-corrected chi connectivity index (χ2v) is 7.95. The van der Waals surface area contributed by atoms with E-state index in [1.54, 1.807) is 15.6 Å². The number of halogens is 2. The average Bonchev–Trinajstić information content (AvgIpc) is 3.31. The fourth-order valence-corrected chi connectivity index (χ4v) is 4.14. The van der Waals surface area contributed by atoms with Crippen molar-refractivity contribution in [2.24, 2.45) is 0 Å². The summed E-state index contributed by atoms with van der Waals surface area (Å²) in [6, 6.07) is 11.5. The van der Waals surface area contributed by atoms with Crippen LogP contribution in [0.1, 0.15) is 52.8 Å². The number of piperidine rings is 1. The van der Waals surface area contributed by atoms with Crippen molar-refractivity contribution in [2.75, 3.05) is 13.1 Å². The molecule has 0 aliphatic carbocycles. The van der Waals surface area contributed by atoms with E-state index in [-0.39, 0.29) is 53.9 Å². The second-order valence-electron chi connectivity index (χ2n) is 7.95. The van der Waals surface area contributed by atoms with Crippen LogP contribution in [-0.2, 0) is 6.54 Å². The van der Waals surface area contributed by atoms with E-state index < -0.39 is 0 Å². The quantitative estimate of drug-likeness (QED) is 0.528. The molecule has 1 unspecified atom stereocenters. The van der Waals surface area contributed by atoms with Crippen LogP contribution in [0.3, 0.4) is 0 Å². The molecule has 1 saturated heterocycles. The Bertz CT molecular complexity index is 1070. The summed E-state index contributed by atoms with van der Waals surface area (Å²) in [5.74, 6) is -0.335. The van der Waals surface area contributed by atoms with E-state index in [4.69, 9.17) is 0 Å². The summed E-state index contributed by atoms with van der Waals surface area (Å²) in [5.41, 5.74) is 1.69. The third-order valence-corrected chi connectivity index (χ3v) is 5.88. The number of aryl methyl sites for hydroxylation is 2. The van der Waals surface area contributed by atoms with E-state index in [9.17, 15) is 9.59 Å². The molecule has 0 spiro atoms. The van der Waals surface area contributed by atoms with E-state index in [1.807, 2.05) is 49.5 Å². The van der Waals surface area contributed by atoms with E-state index in [1.165, 1.54) is 6.33 Å². The number of hydrogen-bond acceptors (Lipinski definition) is 5. The Labute approximate surface area is 205 Å². The lowest BCUT2D eigenvalue weighted by atomic mass is 10.0. The van der Waals surface area contributed by atoms with Gasteiger partial charge in [-0.25, -0.2) is 4.98 Å².